The van der Waals surface area contributed by atoms with Crippen LogP contribution in [0.1, 0.15) is 30.0 Å². The van der Waals surface area contributed by atoms with Gasteiger partial charge in [0.05, 0.1) is 29.8 Å². The second-order valence-electron chi connectivity index (χ2n) is 7.83. The molecule has 33 heavy (non-hydrogen) atoms. The first-order valence-electron chi connectivity index (χ1n) is 10.3. The van der Waals surface area contributed by atoms with Crippen molar-refractivity contribution in [3.8, 4) is 11.5 Å². The number of aliphatic hydroxyl groups is 1. The van der Waals surface area contributed by atoms with Crippen LogP contribution in [0.2, 0.25) is 0 Å². The molecule has 2 saturated heterocycles. The number of nitro groups is 1. The molecule has 2 N–H and O–H groups in total. The van der Waals surface area contributed by atoms with Gasteiger partial charge in [-0.2, -0.15) is 0 Å². The third kappa shape index (κ3) is 4.12. The highest BCUT2D eigenvalue weighted by Crippen LogP contribution is 2.42. The zero-order valence-corrected chi connectivity index (χ0v) is 17.8. The van der Waals surface area contributed by atoms with Crippen LogP contribution in [0.15, 0.2) is 48.0 Å². The zero-order chi connectivity index (χ0) is 23.7. The molecule has 2 atom stereocenters. The lowest BCUT2D eigenvalue weighted by atomic mass is 9.94. The monoisotopic (exact) mass is 454 g/mol. The number of aliphatic hydroxyl groups excluding tert-OH is 1. The van der Waals surface area contributed by atoms with Crippen LogP contribution in [-0.2, 0) is 14.3 Å². The molecule has 2 aliphatic rings. The Kier molecular flexibility index (Phi) is 6.01. The number of phenols is 1. The van der Waals surface area contributed by atoms with Crippen LogP contribution in [0.5, 0.6) is 11.5 Å². The summed E-state index contributed by atoms with van der Waals surface area (Å²) < 4.78 is 10.7. The molecule has 0 radical (unpaired) electrons. The number of ketones is 1. The van der Waals surface area contributed by atoms with Gasteiger partial charge in [-0.05, 0) is 30.5 Å². The van der Waals surface area contributed by atoms with Gasteiger partial charge in [0.25, 0.3) is 17.4 Å². The predicted molar refractivity (Wildman–Crippen MR) is 116 cm³/mol. The van der Waals surface area contributed by atoms with E-state index in [1.54, 1.807) is 6.07 Å². The number of aromatic hydroxyl groups is 1. The van der Waals surface area contributed by atoms with Gasteiger partial charge >= 0.3 is 0 Å². The molecular weight excluding hydrogens is 432 g/mol. The standard InChI is InChI=1S/C23H22N2O8/c1-32-18-8-7-13(11-17(18)26)20-19(21(27)14-4-2-5-15(10-14)25(30)31)22(28)23(29)24(20)12-16-6-3-9-33-16/h2,4-5,7-8,10-11,16,20,26-27H,3,6,9,12H2,1H3/b21-19-. The second kappa shape index (κ2) is 8.91. The lowest BCUT2D eigenvalue weighted by Gasteiger charge is -2.27. The highest BCUT2D eigenvalue weighted by molar-refractivity contribution is 6.46. The number of nitrogens with zero attached hydrogens (tertiary/aromatic N) is 2. The van der Waals surface area contributed by atoms with Crippen molar-refractivity contribution in [2.24, 2.45) is 0 Å². The summed E-state index contributed by atoms with van der Waals surface area (Å²) in [6.07, 6.45) is 1.28. The van der Waals surface area contributed by atoms with Crippen molar-refractivity contribution in [3.63, 3.8) is 0 Å². The molecule has 10 heteroatoms. The van der Waals surface area contributed by atoms with Gasteiger partial charge in [-0.15, -0.1) is 0 Å². The maximum atomic E-state index is 13.0. The number of carbonyl (C=O) groups is 2. The molecule has 10 nitrogen and oxygen atoms in total. The van der Waals surface area contributed by atoms with E-state index in [4.69, 9.17) is 9.47 Å². The molecule has 0 spiro atoms. The summed E-state index contributed by atoms with van der Waals surface area (Å²) in [6, 6.07) is 8.59. The molecule has 0 aromatic heterocycles. The number of methoxy groups -OCH3 is 1. The molecule has 1 amide bonds. The van der Waals surface area contributed by atoms with Crippen molar-refractivity contribution in [1.82, 2.24) is 4.90 Å². The normalized spacial score (nSPS) is 22.0. The Labute approximate surface area is 188 Å². The van der Waals surface area contributed by atoms with E-state index in [1.165, 1.54) is 42.3 Å². The Bertz CT molecular complexity index is 1150. The number of phenolic OH excluding ortho intramolecular Hbond substituents is 1. The SMILES string of the molecule is COc1ccc(C2/C(=C(/O)c3cccc([N+](=O)[O-])c3)C(=O)C(=O)N2CC2CCCO2)cc1O. The molecule has 2 aromatic rings. The van der Waals surface area contributed by atoms with Gasteiger partial charge in [0, 0.05) is 30.8 Å². The number of rotatable bonds is 6. The van der Waals surface area contributed by atoms with Gasteiger partial charge in [0.15, 0.2) is 11.5 Å². The van der Waals surface area contributed by atoms with Crippen LogP contribution in [0.4, 0.5) is 5.69 Å². The molecule has 0 aliphatic carbocycles. The van der Waals surface area contributed by atoms with Crippen LogP contribution in [0.25, 0.3) is 5.76 Å². The fourth-order valence-corrected chi connectivity index (χ4v) is 4.22. The Hall–Kier alpha value is -3.92. The first-order valence-corrected chi connectivity index (χ1v) is 10.3. The number of carbonyl (C=O) groups excluding carboxylic acids is 2. The fraction of sp³-hybridized carbons (Fsp3) is 0.304. The molecule has 4 rings (SSSR count). The van der Waals surface area contributed by atoms with E-state index in [9.17, 15) is 29.9 Å². The molecule has 2 aromatic carbocycles. The smallest absolute Gasteiger partial charge is 0.295 e. The largest absolute Gasteiger partial charge is 0.507 e. The van der Waals surface area contributed by atoms with Crippen molar-refractivity contribution in [3.05, 3.63) is 69.3 Å². The Morgan fingerprint density at radius 3 is 2.70 bits per heavy atom. The topological polar surface area (TPSA) is 139 Å². The molecule has 0 saturated carbocycles. The van der Waals surface area contributed by atoms with Crippen LogP contribution >= 0.6 is 0 Å². The number of hydrogen-bond donors (Lipinski definition) is 2. The number of ether oxygens (including phenoxy) is 2. The van der Waals surface area contributed by atoms with E-state index in [0.29, 0.717) is 18.6 Å². The zero-order valence-electron chi connectivity index (χ0n) is 17.8. The molecular formula is C23H22N2O8. The van der Waals surface area contributed by atoms with Crippen LogP contribution in [-0.4, -0.2) is 58.1 Å². The molecule has 2 heterocycles. The van der Waals surface area contributed by atoms with E-state index in [0.717, 1.165) is 12.5 Å². The number of Topliss-reactive ketones (excluding diaryl/α,β-unsaturated/α-hetero) is 1. The van der Waals surface area contributed by atoms with E-state index in [-0.39, 0.29) is 41.0 Å². The predicted octanol–water partition coefficient (Wildman–Crippen LogP) is 2.91. The summed E-state index contributed by atoms with van der Waals surface area (Å²) in [5.41, 5.74) is -0.0890. The number of benzene rings is 2. The van der Waals surface area contributed by atoms with Crippen molar-refractivity contribution >= 4 is 23.1 Å². The van der Waals surface area contributed by atoms with E-state index in [2.05, 4.69) is 0 Å². The number of nitro benzene ring substituents is 1. The molecule has 0 bridgehead atoms. The Morgan fingerprint density at radius 2 is 2.06 bits per heavy atom. The molecule has 172 valence electrons. The maximum absolute atomic E-state index is 13.0. The van der Waals surface area contributed by atoms with Crippen LogP contribution in [0.3, 0.4) is 0 Å². The minimum atomic E-state index is -1.02. The first kappa shape index (κ1) is 22.3. The minimum Gasteiger partial charge on any atom is -0.507 e. The van der Waals surface area contributed by atoms with Crippen molar-refractivity contribution in [1.29, 1.82) is 0 Å². The van der Waals surface area contributed by atoms with Gasteiger partial charge in [0.2, 0.25) is 0 Å². The van der Waals surface area contributed by atoms with Gasteiger partial charge in [-0.1, -0.05) is 18.2 Å². The summed E-state index contributed by atoms with van der Waals surface area (Å²) in [5.74, 6) is -2.27. The quantitative estimate of drug-likeness (QED) is 0.223. The lowest BCUT2D eigenvalue weighted by molar-refractivity contribution is -0.384. The molecule has 2 fully saturated rings. The van der Waals surface area contributed by atoms with E-state index in [1.807, 2.05) is 0 Å². The lowest BCUT2D eigenvalue weighted by Crippen LogP contribution is -2.36. The van der Waals surface area contributed by atoms with E-state index >= 15 is 0 Å². The second-order valence-corrected chi connectivity index (χ2v) is 7.83. The Morgan fingerprint density at radius 1 is 1.27 bits per heavy atom. The first-order chi connectivity index (χ1) is 15.8. The van der Waals surface area contributed by atoms with Gasteiger partial charge in [-0.25, -0.2) is 0 Å². The number of likely N-dealkylation sites (tertiary alicyclic amines) is 1. The fourth-order valence-electron chi connectivity index (χ4n) is 4.22. The summed E-state index contributed by atoms with van der Waals surface area (Å²) in [7, 11) is 1.39. The molecule has 2 unspecified atom stereocenters. The highest BCUT2D eigenvalue weighted by atomic mass is 16.6. The van der Waals surface area contributed by atoms with Gasteiger partial charge < -0.3 is 24.6 Å². The van der Waals surface area contributed by atoms with Gasteiger partial charge in [-0.3, -0.25) is 19.7 Å². The summed E-state index contributed by atoms with van der Waals surface area (Å²) in [5, 5.41) is 32.5. The van der Waals surface area contributed by atoms with Crippen molar-refractivity contribution in [2.45, 2.75) is 25.0 Å². The van der Waals surface area contributed by atoms with Crippen LogP contribution < -0.4 is 4.74 Å². The third-order valence-electron chi connectivity index (χ3n) is 5.81. The number of non-ortho nitro benzene ring substituents is 1. The van der Waals surface area contributed by atoms with Crippen LogP contribution in [0, 0.1) is 10.1 Å². The highest BCUT2D eigenvalue weighted by Gasteiger charge is 2.47. The molecule has 2 aliphatic heterocycles. The number of hydrogen-bond acceptors (Lipinski definition) is 8. The maximum Gasteiger partial charge on any atom is 0.295 e. The van der Waals surface area contributed by atoms with E-state index < -0.39 is 28.4 Å². The van der Waals surface area contributed by atoms with Gasteiger partial charge in [0.1, 0.15) is 5.76 Å². The summed E-state index contributed by atoms with van der Waals surface area (Å²) in [6.45, 7) is 0.671. The van der Waals surface area contributed by atoms with Crippen molar-refractivity contribution < 1.29 is 34.2 Å². The minimum absolute atomic E-state index is 0.0297. The van der Waals surface area contributed by atoms with Crippen molar-refractivity contribution in [2.75, 3.05) is 20.3 Å². The summed E-state index contributed by atoms with van der Waals surface area (Å²) in [4.78, 5) is 37.9. The third-order valence-corrected chi connectivity index (χ3v) is 5.81. The average Bonchev–Trinajstić information content (AvgIpc) is 3.41. The summed E-state index contributed by atoms with van der Waals surface area (Å²) >= 11 is 0. The Balaban J connectivity index is 1.85. The average molecular weight is 454 g/mol. The number of amides is 1.